The quantitative estimate of drug-likeness (QED) is 0.826. The molecule has 4 nitrogen and oxygen atoms in total. The Kier molecular flexibility index (Phi) is 4.71. The summed E-state index contributed by atoms with van der Waals surface area (Å²) in [4.78, 5) is 11.0. The van der Waals surface area contributed by atoms with Crippen LogP contribution in [0.15, 0.2) is 12.1 Å². The lowest BCUT2D eigenvalue weighted by atomic mass is 9.99. The van der Waals surface area contributed by atoms with Crippen molar-refractivity contribution in [3.63, 3.8) is 0 Å². The van der Waals surface area contributed by atoms with E-state index in [4.69, 9.17) is 23.2 Å². The average molecular weight is 335 g/mol. The molecule has 0 saturated carbocycles. The monoisotopic (exact) mass is 333 g/mol. The molecule has 0 unspecified atom stereocenters. The fourth-order valence-electron chi connectivity index (χ4n) is 1.65. The van der Waals surface area contributed by atoms with Crippen LogP contribution in [0.25, 0.3) is 0 Å². The third-order valence-electron chi connectivity index (χ3n) is 2.44. The highest BCUT2D eigenvalue weighted by Crippen LogP contribution is 2.42. The van der Waals surface area contributed by atoms with Crippen LogP contribution in [0.3, 0.4) is 0 Å². The SMILES string of the molecule is Cl.O=C1N[C@H](c2c(O)cc(Cl)cc2Cl)C(F)(F)CO1. The van der Waals surface area contributed by atoms with Crippen LogP contribution in [0.5, 0.6) is 5.75 Å². The molecule has 1 amide bonds. The van der Waals surface area contributed by atoms with E-state index in [-0.39, 0.29) is 28.0 Å². The normalized spacial score (nSPS) is 21.1. The van der Waals surface area contributed by atoms with E-state index < -0.39 is 30.4 Å². The molecule has 0 bridgehead atoms. The zero-order chi connectivity index (χ0) is 13.5. The summed E-state index contributed by atoms with van der Waals surface area (Å²) in [6.45, 7) is -1.08. The molecule has 1 aliphatic rings. The highest BCUT2D eigenvalue weighted by Gasteiger charge is 2.48. The minimum absolute atomic E-state index is 0. The highest BCUT2D eigenvalue weighted by atomic mass is 35.5. The molecule has 2 rings (SSSR count). The second-order valence-electron chi connectivity index (χ2n) is 3.73. The van der Waals surface area contributed by atoms with E-state index in [2.05, 4.69) is 4.74 Å². The smallest absolute Gasteiger partial charge is 0.408 e. The second-order valence-corrected chi connectivity index (χ2v) is 4.58. The van der Waals surface area contributed by atoms with Crippen molar-refractivity contribution >= 4 is 41.7 Å². The van der Waals surface area contributed by atoms with Gasteiger partial charge in [0.1, 0.15) is 11.8 Å². The molecule has 1 fully saturated rings. The molecule has 1 aromatic carbocycles. The Hall–Kier alpha value is -0.980. The molecular formula is C10H8Cl3F2NO3. The van der Waals surface area contributed by atoms with Crippen LogP contribution in [-0.4, -0.2) is 23.7 Å². The van der Waals surface area contributed by atoms with Crippen LogP contribution in [0.4, 0.5) is 13.6 Å². The van der Waals surface area contributed by atoms with Crippen molar-refractivity contribution in [2.75, 3.05) is 6.61 Å². The molecule has 1 heterocycles. The number of rotatable bonds is 1. The number of amides is 1. The minimum Gasteiger partial charge on any atom is -0.507 e. The van der Waals surface area contributed by atoms with Gasteiger partial charge in [0.15, 0.2) is 6.61 Å². The lowest BCUT2D eigenvalue weighted by molar-refractivity contribution is -0.104. The lowest BCUT2D eigenvalue weighted by Crippen LogP contribution is -2.49. The maximum atomic E-state index is 13.6. The van der Waals surface area contributed by atoms with E-state index in [1.807, 2.05) is 5.32 Å². The Morgan fingerprint density at radius 1 is 1.42 bits per heavy atom. The number of carbonyl (C=O) groups is 1. The standard InChI is InChI=1S/C10H7Cl2F2NO3.ClH/c11-4-1-5(12)7(6(16)2-4)8-10(13,14)3-18-9(17)15-8;/h1-2,8,16H,3H2,(H,15,17);1H/t8-;/m1./s1. The summed E-state index contributed by atoms with van der Waals surface area (Å²) in [5.74, 6) is -3.90. The van der Waals surface area contributed by atoms with Gasteiger partial charge in [0, 0.05) is 10.6 Å². The number of alkyl halides is 2. The minimum atomic E-state index is -3.39. The Bertz CT molecular complexity index is 490. The molecule has 1 aliphatic heterocycles. The Morgan fingerprint density at radius 2 is 2.05 bits per heavy atom. The molecule has 0 radical (unpaired) electrons. The average Bonchev–Trinajstić information content (AvgIpc) is 2.22. The molecule has 0 aliphatic carbocycles. The summed E-state index contributed by atoms with van der Waals surface area (Å²) in [5, 5.41) is 11.5. The Labute approximate surface area is 123 Å². The number of hydrogen-bond donors (Lipinski definition) is 2. The van der Waals surface area contributed by atoms with E-state index in [9.17, 15) is 18.7 Å². The van der Waals surface area contributed by atoms with Gasteiger partial charge in [-0.25, -0.2) is 13.6 Å². The lowest BCUT2D eigenvalue weighted by Gasteiger charge is -2.32. The number of cyclic esters (lactones) is 1. The van der Waals surface area contributed by atoms with Gasteiger partial charge in [0.05, 0.1) is 5.02 Å². The van der Waals surface area contributed by atoms with Gasteiger partial charge >= 0.3 is 12.0 Å². The van der Waals surface area contributed by atoms with Gasteiger partial charge in [0.25, 0.3) is 0 Å². The zero-order valence-electron chi connectivity index (χ0n) is 9.12. The van der Waals surface area contributed by atoms with Crippen molar-refractivity contribution < 1.29 is 23.4 Å². The van der Waals surface area contributed by atoms with E-state index in [1.165, 1.54) is 6.07 Å². The number of ether oxygens (including phenoxy) is 1. The summed E-state index contributed by atoms with van der Waals surface area (Å²) in [6, 6.07) is 0.514. The van der Waals surface area contributed by atoms with Gasteiger partial charge in [-0.3, -0.25) is 0 Å². The fourth-order valence-corrected chi connectivity index (χ4v) is 2.24. The molecular weight excluding hydrogens is 326 g/mol. The summed E-state index contributed by atoms with van der Waals surface area (Å²) >= 11 is 11.4. The second kappa shape index (κ2) is 5.56. The van der Waals surface area contributed by atoms with Crippen LogP contribution < -0.4 is 5.32 Å². The third kappa shape index (κ3) is 3.13. The van der Waals surface area contributed by atoms with E-state index in [1.54, 1.807) is 0 Å². The molecule has 19 heavy (non-hydrogen) atoms. The first-order chi connectivity index (χ1) is 8.31. The van der Waals surface area contributed by atoms with Crippen molar-refractivity contribution in [3.8, 4) is 5.75 Å². The van der Waals surface area contributed by atoms with E-state index in [0.717, 1.165) is 6.07 Å². The van der Waals surface area contributed by atoms with E-state index in [0.29, 0.717) is 0 Å². The predicted molar refractivity (Wildman–Crippen MR) is 67.5 cm³/mol. The first-order valence-electron chi connectivity index (χ1n) is 4.80. The number of hydrogen-bond acceptors (Lipinski definition) is 3. The number of nitrogens with one attached hydrogen (secondary N) is 1. The first kappa shape index (κ1) is 16.1. The van der Waals surface area contributed by atoms with Gasteiger partial charge in [0.2, 0.25) is 0 Å². The molecule has 106 valence electrons. The van der Waals surface area contributed by atoms with Gasteiger partial charge in [-0.05, 0) is 12.1 Å². The largest absolute Gasteiger partial charge is 0.507 e. The Morgan fingerprint density at radius 3 is 2.63 bits per heavy atom. The van der Waals surface area contributed by atoms with Crippen molar-refractivity contribution in [2.45, 2.75) is 12.0 Å². The maximum absolute atomic E-state index is 13.6. The fraction of sp³-hybridized carbons (Fsp3) is 0.300. The number of phenols is 1. The maximum Gasteiger partial charge on any atom is 0.408 e. The summed E-state index contributed by atoms with van der Waals surface area (Å²) in [6.07, 6.45) is -1.00. The first-order valence-corrected chi connectivity index (χ1v) is 5.56. The molecule has 0 aromatic heterocycles. The number of alkyl carbamates (subject to hydrolysis) is 1. The highest BCUT2D eigenvalue weighted by molar-refractivity contribution is 6.35. The topological polar surface area (TPSA) is 58.6 Å². The van der Waals surface area contributed by atoms with Crippen LogP contribution in [0.1, 0.15) is 11.6 Å². The van der Waals surface area contributed by atoms with E-state index >= 15 is 0 Å². The van der Waals surface area contributed by atoms with Gasteiger partial charge in [-0.15, -0.1) is 12.4 Å². The summed E-state index contributed by atoms with van der Waals surface area (Å²) < 4.78 is 31.5. The van der Waals surface area contributed by atoms with Gasteiger partial charge in [-0.1, -0.05) is 23.2 Å². The number of carbonyl (C=O) groups excluding carboxylic acids is 1. The predicted octanol–water partition coefficient (Wildman–Crippen LogP) is 3.54. The number of phenolic OH excluding ortho intramolecular Hbond substituents is 1. The van der Waals surface area contributed by atoms with Crippen LogP contribution in [0, 0.1) is 0 Å². The molecule has 1 atom stereocenters. The van der Waals surface area contributed by atoms with Gasteiger partial charge < -0.3 is 15.2 Å². The molecule has 1 aromatic rings. The molecule has 2 N–H and O–H groups in total. The summed E-state index contributed by atoms with van der Waals surface area (Å²) in [7, 11) is 0. The van der Waals surface area contributed by atoms with Crippen LogP contribution >= 0.6 is 35.6 Å². The van der Waals surface area contributed by atoms with Crippen molar-refractivity contribution in [1.29, 1.82) is 0 Å². The number of aromatic hydroxyl groups is 1. The third-order valence-corrected chi connectivity index (χ3v) is 2.97. The summed E-state index contributed by atoms with van der Waals surface area (Å²) in [5.41, 5.74) is -0.289. The van der Waals surface area contributed by atoms with Crippen molar-refractivity contribution in [3.05, 3.63) is 27.7 Å². The van der Waals surface area contributed by atoms with Crippen LogP contribution in [-0.2, 0) is 4.74 Å². The van der Waals surface area contributed by atoms with Crippen molar-refractivity contribution in [1.82, 2.24) is 5.32 Å². The molecule has 1 saturated heterocycles. The zero-order valence-corrected chi connectivity index (χ0v) is 11.5. The van der Waals surface area contributed by atoms with Crippen LogP contribution in [0.2, 0.25) is 10.0 Å². The van der Waals surface area contributed by atoms with Crippen molar-refractivity contribution in [2.24, 2.45) is 0 Å². The Balaban J connectivity index is 0.00000180. The molecule has 9 heteroatoms. The number of halogens is 5. The molecule has 0 spiro atoms. The number of benzene rings is 1. The van der Waals surface area contributed by atoms with Gasteiger partial charge in [-0.2, -0.15) is 0 Å².